The van der Waals surface area contributed by atoms with Crippen LogP contribution in [-0.4, -0.2) is 76.1 Å². The molecule has 10 heteroatoms. The van der Waals surface area contributed by atoms with Gasteiger partial charge in [0.05, 0.1) is 6.04 Å². The second-order valence-corrected chi connectivity index (χ2v) is 11.1. The monoisotopic (exact) mass is 421 g/mol. The first-order chi connectivity index (χ1) is 13.7. The normalized spacial score (nSPS) is 20.2. The minimum Gasteiger partial charge on any atom is -0.352 e. The van der Waals surface area contributed by atoms with Crippen molar-refractivity contribution in [1.82, 2.24) is 28.4 Å². The molecule has 2 aliphatic rings. The molecule has 4 rings (SSSR count). The van der Waals surface area contributed by atoms with Crippen LogP contribution >= 0.6 is 0 Å². The van der Waals surface area contributed by atoms with E-state index in [1.807, 2.05) is 12.1 Å². The Morgan fingerprint density at radius 3 is 2.31 bits per heavy atom. The molecule has 29 heavy (non-hydrogen) atoms. The summed E-state index contributed by atoms with van der Waals surface area (Å²) in [6, 6.07) is 3.80. The smallest absolute Gasteiger partial charge is 0.282 e. The predicted octanol–water partition coefficient (Wildman–Crippen LogP) is 1.66. The van der Waals surface area contributed by atoms with Gasteiger partial charge in [0.2, 0.25) is 0 Å². The molecular formula is C19H31N7O2S. The summed E-state index contributed by atoms with van der Waals surface area (Å²) >= 11 is 0. The van der Waals surface area contributed by atoms with Crippen molar-refractivity contribution in [2.45, 2.75) is 57.9 Å². The van der Waals surface area contributed by atoms with Crippen LogP contribution in [0.25, 0.3) is 5.65 Å². The van der Waals surface area contributed by atoms with Crippen molar-refractivity contribution >= 4 is 21.7 Å². The lowest BCUT2D eigenvalue weighted by Gasteiger charge is -2.44. The van der Waals surface area contributed by atoms with E-state index in [1.165, 1.54) is 0 Å². The molecule has 2 aromatic heterocycles. The van der Waals surface area contributed by atoms with Crippen LogP contribution in [0.3, 0.4) is 0 Å². The number of hydrogen-bond acceptors (Lipinski definition) is 6. The SMILES string of the molecule is CN(C1CN(c2ccc3nnc(C(C)(C)C)n3n2)C1)S(=O)(=O)N1CCCCCC1. The number of nitrogens with zero attached hydrogens (tertiary/aromatic N) is 7. The summed E-state index contributed by atoms with van der Waals surface area (Å²) in [5.74, 6) is 1.63. The minimum absolute atomic E-state index is 0.0382. The Labute approximate surface area is 172 Å². The van der Waals surface area contributed by atoms with Gasteiger partial charge in [-0.2, -0.15) is 21.5 Å². The molecule has 4 heterocycles. The summed E-state index contributed by atoms with van der Waals surface area (Å²) in [6.45, 7) is 8.78. The van der Waals surface area contributed by atoms with Crippen LogP contribution in [0.2, 0.25) is 0 Å². The van der Waals surface area contributed by atoms with Crippen molar-refractivity contribution in [3.63, 3.8) is 0 Å². The van der Waals surface area contributed by atoms with Gasteiger partial charge in [-0.1, -0.05) is 33.6 Å². The number of aromatic nitrogens is 4. The Balaban J connectivity index is 1.46. The highest BCUT2D eigenvalue weighted by atomic mass is 32.2. The average Bonchev–Trinajstić information content (AvgIpc) is 2.85. The molecule has 0 N–H and O–H groups in total. The lowest BCUT2D eigenvalue weighted by molar-refractivity contribution is 0.279. The van der Waals surface area contributed by atoms with Gasteiger partial charge in [-0.15, -0.1) is 15.3 Å². The van der Waals surface area contributed by atoms with Gasteiger partial charge in [0.1, 0.15) is 5.82 Å². The molecule has 2 aliphatic heterocycles. The zero-order chi connectivity index (χ0) is 20.8. The summed E-state index contributed by atoms with van der Waals surface area (Å²) in [5, 5.41) is 13.2. The fraction of sp³-hybridized carbons (Fsp3) is 0.737. The van der Waals surface area contributed by atoms with Crippen molar-refractivity contribution in [2.75, 3.05) is 38.1 Å². The molecular weight excluding hydrogens is 390 g/mol. The molecule has 2 fully saturated rings. The number of anilines is 1. The van der Waals surface area contributed by atoms with E-state index in [0.717, 1.165) is 43.0 Å². The average molecular weight is 422 g/mol. The molecule has 2 aromatic rings. The van der Waals surface area contributed by atoms with Gasteiger partial charge in [-0.05, 0) is 25.0 Å². The van der Waals surface area contributed by atoms with E-state index in [-0.39, 0.29) is 11.5 Å². The highest BCUT2D eigenvalue weighted by Crippen LogP contribution is 2.26. The highest BCUT2D eigenvalue weighted by molar-refractivity contribution is 7.86. The Morgan fingerprint density at radius 2 is 1.69 bits per heavy atom. The molecule has 9 nitrogen and oxygen atoms in total. The lowest BCUT2D eigenvalue weighted by atomic mass is 9.96. The molecule has 0 unspecified atom stereocenters. The summed E-state index contributed by atoms with van der Waals surface area (Å²) < 4.78 is 31.0. The third kappa shape index (κ3) is 3.85. The summed E-state index contributed by atoms with van der Waals surface area (Å²) in [5.41, 5.74) is 0.556. The Bertz CT molecular complexity index is 968. The second kappa shape index (κ2) is 7.48. The van der Waals surface area contributed by atoms with Crippen molar-refractivity contribution in [1.29, 1.82) is 0 Å². The van der Waals surface area contributed by atoms with Crippen LogP contribution in [0.15, 0.2) is 12.1 Å². The van der Waals surface area contributed by atoms with Gasteiger partial charge in [0.25, 0.3) is 10.2 Å². The van der Waals surface area contributed by atoms with Crippen LogP contribution in [0.4, 0.5) is 5.82 Å². The topological polar surface area (TPSA) is 86.9 Å². The molecule has 0 aliphatic carbocycles. The zero-order valence-electron chi connectivity index (χ0n) is 17.7. The van der Waals surface area contributed by atoms with E-state index in [9.17, 15) is 8.42 Å². The van der Waals surface area contributed by atoms with Gasteiger partial charge < -0.3 is 4.90 Å². The molecule has 0 bridgehead atoms. The fourth-order valence-corrected chi connectivity index (χ4v) is 5.52. The molecule has 0 spiro atoms. The van der Waals surface area contributed by atoms with E-state index in [1.54, 1.807) is 20.2 Å². The second-order valence-electron chi connectivity index (χ2n) is 9.13. The predicted molar refractivity (Wildman–Crippen MR) is 112 cm³/mol. The van der Waals surface area contributed by atoms with Crippen molar-refractivity contribution in [2.24, 2.45) is 0 Å². The summed E-state index contributed by atoms with van der Waals surface area (Å²) in [7, 11) is -1.70. The van der Waals surface area contributed by atoms with E-state index in [2.05, 4.69) is 35.9 Å². The number of likely N-dealkylation sites (N-methyl/N-ethyl adjacent to an activating group) is 1. The number of hydrogen-bond donors (Lipinski definition) is 0. The standard InChI is InChI=1S/C19H31N7O2S/c1-19(2,3)18-21-20-16-9-10-17(22-26(16)18)24-13-15(14-24)23(4)29(27,28)25-11-7-5-6-8-12-25/h9-10,15H,5-8,11-14H2,1-4H3. The maximum Gasteiger partial charge on any atom is 0.282 e. The number of fused-ring (bicyclic) bond motifs is 1. The Hall–Kier alpha value is -1.78. The first-order valence-corrected chi connectivity index (χ1v) is 11.8. The van der Waals surface area contributed by atoms with Crippen molar-refractivity contribution in [3.05, 3.63) is 18.0 Å². The van der Waals surface area contributed by atoms with Gasteiger partial charge in [0, 0.05) is 38.6 Å². The Morgan fingerprint density at radius 1 is 1.03 bits per heavy atom. The molecule has 2 saturated heterocycles. The zero-order valence-corrected chi connectivity index (χ0v) is 18.6. The Kier molecular flexibility index (Phi) is 5.28. The van der Waals surface area contributed by atoms with Gasteiger partial charge in [-0.3, -0.25) is 0 Å². The van der Waals surface area contributed by atoms with E-state index in [0.29, 0.717) is 26.2 Å². The molecule has 0 aromatic carbocycles. The lowest BCUT2D eigenvalue weighted by Crippen LogP contribution is -2.62. The molecule has 160 valence electrons. The molecule has 0 amide bonds. The maximum atomic E-state index is 13.0. The van der Waals surface area contributed by atoms with Crippen molar-refractivity contribution < 1.29 is 8.42 Å². The molecule has 0 radical (unpaired) electrons. The van der Waals surface area contributed by atoms with Gasteiger partial charge in [0.15, 0.2) is 11.5 Å². The van der Waals surface area contributed by atoms with Gasteiger partial charge in [-0.25, -0.2) is 0 Å². The number of rotatable bonds is 4. The van der Waals surface area contributed by atoms with E-state index >= 15 is 0 Å². The minimum atomic E-state index is -3.41. The van der Waals surface area contributed by atoms with Crippen LogP contribution < -0.4 is 4.90 Å². The van der Waals surface area contributed by atoms with Crippen LogP contribution in [0.1, 0.15) is 52.3 Å². The van der Waals surface area contributed by atoms with E-state index < -0.39 is 10.2 Å². The van der Waals surface area contributed by atoms with Crippen LogP contribution in [-0.2, 0) is 15.6 Å². The van der Waals surface area contributed by atoms with Gasteiger partial charge >= 0.3 is 0 Å². The maximum absolute atomic E-state index is 13.0. The van der Waals surface area contributed by atoms with Crippen LogP contribution in [0.5, 0.6) is 0 Å². The first kappa shape index (κ1) is 20.5. The van der Waals surface area contributed by atoms with E-state index in [4.69, 9.17) is 5.10 Å². The summed E-state index contributed by atoms with van der Waals surface area (Å²) in [4.78, 5) is 2.10. The third-order valence-electron chi connectivity index (χ3n) is 5.88. The van der Waals surface area contributed by atoms with Crippen LogP contribution in [0, 0.1) is 0 Å². The largest absolute Gasteiger partial charge is 0.352 e. The van der Waals surface area contributed by atoms with Crippen molar-refractivity contribution in [3.8, 4) is 0 Å². The third-order valence-corrected chi connectivity index (χ3v) is 7.92. The fourth-order valence-electron chi connectivity index (χ4n) is 3.93. The molecule has 0 saturated carbocycles. The molecule has 0 atom stereocenters. The quantitative estimate of drug-likeness (QED) is 0.746. The summed E-state index contributed by atoms with van der Waals surface area (Å²) in [6.07, 6.45) is 4.12. The first-order valence-electron chi connectivity index (χ1n) is 10.4. The highest BCUT2D eigenvalue weighted by Gasteiger charge is 2.39.